The lowest BCUT2D eigenvalue weighted by molar-refractivity contribution is -0.124. The van der Waals surface area contributed by atoms with Crippen molar-refractivity contribution < 1.29 is 14.3 Å². The molecular weight excluding hydrogens is 332 g/mol. The van der Waals surface area contributed by atoms with Crippen molar-refractivity contribution in [1.29, 1.82) is 0 Å². The third-order valence-corrected chi connectivity index (χ3v) is 3.86. The molecule has 0 aliphatic heterocycles. The molecule has 0 fully saturated rings. The lowest BCUT2D eigenvalue weighted by Crippen LogP contribution is -2.50. The van der Waals surface area contributed by atoms with Gasteiger partial charge in [0.05, 0.1) is 0 Å². The highest BCUT2D eigenvalue weighted by atomic mass is 16.5. The second-order valence-electron chi connectivity index (χ2n) is 6.34. The number of nitrogens with zero attached hydrogens (tertiary/aromatic N) is 2. The lowest BCUT2D eigenvalue weighted by Gasteiger charge is -2.21. The van der Waals surface area contributed by atoms with Gasteiger partial charge in [0.1, 0.15) is 12.6 Å². The van der Waals surface area contributed by atoms with Gasteiger partial charge in [0.15, 0.2) is 0 Å². The number of rotatable bonds is 9. The van der Waals surface area contributed by atoms with E-state index in [4.69, 9.17) is 4.74 Å². The smallest absolute Gasteiger partial charge is 0.408 e. The number of ether oxygens (including phenoxy) is 1. The van der Waals surface area contributed by atoms with E-state index in [0.717, 1.165) is 18.5 Å². The number of amides is 2. The Hall–Kier alpha value is -2.83. The monoisotopic (exact) mass is 358 g/mol. The Morgan fingerprint density at radius 2 is 1.96 bits per heavy atom. The Kier molecular flexibility index (Phi) is 7.67. The van der Waals surface area contributed by atoms with Gasteiger partial charge >= 0.3 is 6.09 Å². The van der Waals surface area contributed by atoms with Gasteiger partial charge in [-0.3, -0.25) is 9.48 Å². The normalized spacial score (nSPS) is 11.8. The van der Waals surface area contributed by atoms with Crippen molar-refractivity contribution in [3.63, 3.8) is 0 Å². The van der Waals surface area contributed by atoms with E-state index in [9.17, 15) is 9.59 Å². The van der Waals surface area contributed by atoms with E-state index >= 15 is 0 Å². The number of benzene rings is 1. The first-order chi connectivity index (χ1) is 12.6. The van der Waals surface area contributed by atoms with E-state index in [1.54, 1.807) is 6.20 Å². The SMILES string of the molecule is CC(C)C(NC(=O)OCc1ccccc1)C(=O)NCCCn1cccn1. The summed E-state index contributed by atoms with van der Waals surface area (Å²) in [7, 11) is 0. The van der Waals surface area contributed by atoms with E-state index in [-0.39, 0.29) is 18.4 Å². The topological polar surface area (TPSA) is 85.2 Å². The van der Waals surface area contributed by atoms with Crippen LogP contribution in [0.15, 0.2) is 48.8 Å². The van der Waals surface area contributed by atoms with Gasteiger partial charge in [-0.1, -0.05) is 44.2 Å². The zero-order valence-electron chi connectivity index (χ0n) is 15.2. The van der Waals surface area contributed by atoms with Crippen LogP contribution in [-0.4, -0.2) is 34.4 Å². The minimum absolute atomic E-state index is 0.0506. The maximum absolute atomic E-state index is 12.4. The average Bonchev–Trinajstić information content (AvgIpc) is 3.15. The van der Waals surface area contributed by atoms with Gasteiger partial charge in [-0.15, -0.1) is 0 Å². The molecule has 0 bridgehead atoms. The molecule has 1 aromatic carbocycles. The van der Waals surface area contributed by atoms with Crippen molar-refractivity contribution in [1.82, 2.24) is 20.4 Å². The van der Waals surface area contributed by atoms with Gasteiger partial charge in [0.2, 0.25) is 5.91 Å². The van der Waals surface area contributed by atoms with E-state index < -0.39 is 12.1 Å². The Balaban J connectivity index is 1.73. The average molecular weight is 358 g/mol. The molecule has 7 nitrogen and oxygen atoms in total. The molecule has 0 saturated heterocycles. The first-order valence-electron chi connectivity index (χ1n) is 8.78. The van der Waals surface area contributed by atoms with Crippen LogP contribution in [0.25, 0.3) is 0 Å². The quantitative estimate of drug-likeness (QED) is 0.674. The van der Waals surface area contributed by atoms with Crippen LogP contribution in [0.5, 0.6) is 0 Å². The molecule has 0 aliphatic carbocycles. The van der Waals surface area contributed by atoms with E-state index in [0.29, 0.717) is 6.54 Å². The van der Waals surface area contributed by atoms with Crippen molar-refractivity contribution in [3.8, 4) is 0 Å². The third kappa shape index (κ3) is 6.58. The zero-order valence-corrected chi connectivity index (χ0v) is 15.2. The highest BCUT2D eigenvalue weighted by Gasteiger charge is 2.24. The standard InChI is InChI=1S/C19H26N4O3/c1-15(2)17(18(24)20-10-6-12-23-13-7-11-21-23)22-19(25)26-14-16-8-4-3-5-9-16/h3-5,7-9,11,13,15,17H,6,10,12,14H2,1-2H3,(H,20,24)(H,22,25). The summed E-state index contributed by atoms with van der Waals surface area (Å²) in [6.07, 6.45) is 3.76. The maximum atomic E-state index is 12.4. The number of hydrogen-bond acceptors (Lipinski definition) is 4. The second kappa shape index (κ2) is 10.2. The van der Waals surface area contributed by atoms with Gasteiger partial charge < -0.3 is 15.4 Å². The Labute approximate surface area is 153 Å². The van der Waals surface area contributed by atoms with Crippen LogP contribution in [-0.2, 0) is 22.7 Å². The summed E-state index contributed by atoms with van der Waals surface area (Å²) in [5.74, 6) is -0.262. The highest BCUT2D eigenvalue weighted by Crippen LogP contribution is 2.05. The van der Waals surface area contributed by atoms with Gasteiger partial charge in [-0.25, -0.2) is 4.79 Å². The number of aromatic nitrogens is 2. The molecule has 1 atom stereocenters. The van der Waals surface area contributed by atoms with Gasteiger partial charge in [0.25, 0.3) is 0 Å². The van der Waals surface area contributed by atoms with Crippen LogP contribution in [0.3, 0.4) is 0 Å². The Bertz CT molecular complexity index is 671. The molecule has 2 N–H and O–H groups in total. The van der Waals surface area contributed by atoms with E-state index in [1.807, 2.05) is 61.1 Å². The van der Waals surface area contributed by atoms with Crippen molar-refractivity contribution in [3.05, 3.63) is 54.4 Å². The van der Waals surface area contributed by atoms with Crippen LogP contribution >= 0.6 is 0 Å². The van der Waals surface area contributed by atoms with E-state index in [1.165, 1.54) is 0 Å². The molecular formula is C19H26N4O3. The summed E-state index contributed by atoms with van der Waals surface area (Å²) in [4.78, 5) is 24.3. The number of alkyl carbamates (subject to hydrolysis) is 1. The molecule has 7 heteroatoms. The minimum Gasteiger partial charge on any atom is -0.445 e. The highest BCUT2D eigenvalue weighted by molar-refractivity contribution is 5.85. The maximum Gasteiger partial charge on any atom is 0.408 e. The zero-order chi connectivity index (χ0) is 18.8. The van der Waals surface area contributed by atoms with Gasteiger partial charge in [-0.05, 0) is 24.0 Å². The summed E-state index contributed by atoms with van der Waals surface area (Å²) in [5, 5.41) is 9.62. The molecule has 140 valence electrons. The number of nitrogens with one attached hydrogen (secondary N) is 2. The Morgan fingerprint density at radius 3 is 2.62 bits per heavy atom. The largest absolute Gasteiger partial charge is 0.445 e. The number of hydrogen-bond donors (Lipinski definition) is 2. The van der Waals surface area contributed by atoms with Crippen molar-refractivity contribution >= 4 is 12.0 Å². The predicted octanol–water partition coefficient (Wildman–Crippen LogP) is 2.34. The predicted molar refractivity (Wildman–Crippen MR) is 98.2 cm³/mol. The molecule has 2 rings (SSSR count). The van der Waals surface area contributed by atoms with Crippen LogP contribution < -0.4 is 10.6 Å². The first-order valence-corrected chi connectivity index (χ1v) is 8.78. The molecule has 0 aliphatic rings. The first kappa shape index (κ1) is 19.5. The molecule has 2 amide bonds. The van der Waals surface area contributed by atoms with Crippen LogP contribution in [0, 0.1) is 5.92 Å². The number of carbonyl (C=O) groups is 2. The fourth-order valence-corrected chi connectivity index (χ4v) is 2.42. The van der Waals surface area contributed by atoms with Crippen molar-refractivity contribution in [2.45, 2.75) is 39.5 Å². The van der Waals surface area contributed by atoms with Crippen LogP contribution in [0.4, 0.5) is 4.79 Å². The molecule has 26 heavy (non-hydrogen) atoms. The molecule has 2 aromatic rings. The number of aryl methyl sites for hydroxylation is 1. The fourth-order valence-electron chi connectivity index (χ4n) is 2.42. The summed E-state index contributed by atoms with van der Waals surface area (Å²) >= 11 is 0. The lowest BCUT2D eigenvalue weighted by atomic mass is 10.0. The second-order valence-corrected chi connectivity index (χ2v) is 6.34. The van der Waals surface area contributed by atoms with Crippen molar-refractivity contribution in [2.24, 2.45) is 5.92 Å². The molecule has 0 saturated carbocycles. The molecule has 1 aromatic heterocycles. The molecule has 0 spiro atoms. The number of carbonyl (C=O) groups excluding carboxylic acids is 2. The molecule has 1 heterocycles. The van der Waals surface area contributed by atoms with Gasteiger partial charge in [0, 0.05) is 25.5 Å². The molecule has 0 radical (unpaired) electrons. The summed E-state index contributed by atoms with van der Waals surface area (Å²) in [5.41, 5.74) is 0.895. The summed E-state index contributed by atoms with van der Waals surface area (Å²) < 4.78 is 7.00. The van der Waals surface area contributed by atoms with Crippen molar-refractivity contribution in [2.75, 3.05) is 6.54 Å². The molecule has 1 unspecified atom stereocenters. The van der Waals surface area contributed by atoms with Crippen LogP contribution in [0.2, 0.25) is 0 Å². The third-order valence-electron chi connectivity index (χ3n) is 3.86. The fraction of sp³-hybridized carbons (Fsp3) is 0.421. The Morgan fingerprint density at radius 1 is 1.19 bits per heavy atom. The summed E-state index contributed by atoms with van der Waals surface area (Å²) in [6, 6.07) is 10.6. The van der Waals surface area contributed by atoms with Crippen LogP contribution in [0.1, 0.15) is 25.8 Å². The minimum atomic E-state index is -0.636. The van der Waals surface area contributed by atoms with E-state index in [2.05, 4.69) is 15.7 Å². The summed E-state index contributed by atoms with van der Waals surface area (Å²) in [6.45, 7) is 5.18. The van der Waals surface area contributed by atoms with Gasteiger partial charge in [-0.2, -0.15) is 5.10 Å².